The van der Waals surface area contributed by atoms with Crippen LogP contribution in [0.15, 0.2) is 0 Å². The van der Waals surface area contributed by atoms with Gasteiger partial charge in [0.25, 0.3) is 0 Å². The molecule has 0 bridgehead atoms. The second-order valence-electron chi connectivity index (χ2n) is 3.94. The van der Waals surface area contributed by atoms with Crippen LogP contribution in [0.5, 0.6) is 0 Å². The number of hydrogen-bond donors (Lipinski definition) is 0. The van der Waals surface area contributed by atoms with Crippen molar-refractivity contribution < 1.29 is 0 Å². The predicted octanol–water partition coefficient (Wildman–Crippen LogP) is 3.15. The molecule has 1 nitrogen and oxygen atoms in total. The molecule has 1 heterocycles. The lowest BCUT2D eigenvalue weighted by atomic mass is 9.89. The van der Waals surface area contributed by atoms with Crippen LogP contribution in [-0.4, -0.2) is 24.0 Å². The molecule has 12 heavy (non-hydrogen) atoms. The summed E-state index contributed by atoms with van der Waals surface area (Å²) in [5.41, 5.74) is 0. The van der Waals surface area contributed by atoms with Gasteiger partial charge in [-0.3, -0.25) is 0 Å². The van der Waals surface area contributed by atoms with Crippen molar-refractivity contribution in [1.82, 2.24) is 4.90 Å². The van der Waals surface area contributed by atoms with Crippen LogP contribution in [0, 0.1) is 5.92 Å². The Morgan fingerprint density at radius 1 is 0.917 bits per heavy atom. The second-order valence-corrected chi connectivity index (χ2v) is 3.94. The smallest absolute Gasteiger partial charge is 0.00692 e. The summed E-state index contributed by atoms with van der Waals surface area (Å²) < 4.78 is 0. The fourth-order valence-corrected chi connectivity index (χ4v) is 2.03. The largest absolute Gasteiger partial charge is 0.301 e. The molecular formula is C11H25N. The van der Waals surface area contributed by atoms with Gasteiger partial charge in [0.05, 0.1) is 0 Å². The van der Waals surface area contributed by atoms with E-state index < -0.39 is 0 Å². The average Bonchev–Trinajstić information content (AvgIpc) is 2.04. The molecule has 0 aromatic carbocycles. The molecule has 0 spiro atoms. The van der Waals surface area contributed by atoms with Crippen molar-refractivity contribution in [3.8, 4) is 0 Å². The normalized spacial score (nSPS) is 37.0. The first-order valence-corrected chi connectivity index (χ1v) is 5.33. The van der Waals surface area contributed by atoms with E-state index in [1.807, 2.05) is 13.8 Å². The van der Waals surface area contributed by atoms with Crippen LogP contribution in [0.3, 0.4) is 0 Å². The van der Waals surface area contributed by atoms with Gasteiger partial charge in [0.1, 0.15) is 0 Å². The molecule has 0 N–H and O–H groups in total. The zero-order valence-electron chi connectivity index (χ0n) is 9.59. The third kappa shape index (κ3) is 3.14. The van der Waals surface area contributed by atoms with Gasteiger partial charge >= 0.3 is 0 Å². The molecule has 2 atom stereocenters. The maximum atomic E-state index is 2.49. The maximum Gasteiger partial charge on any atom is 0.00692 e. The number of likely N-dealkylation sites (tertiary alicyclic amines) is 1. The molecule has 1 fully saturated rings. The van der Waals surface area contributed by atoms with Crippen LogP contribution < -0.4 is 0 Å². The fourth-order valence-electron chi connectivity index (χ4n) is 2.03. The van der Waals surface area contributed by atoms with Crippen molar-refractivity contribution in [3.05, 3.63) is 0 Å². The van der Waals surface area contributed by atoms with E-state index in [4.69, 9.17) is 0 Å². The van der Waals surface area contributed by atoms with Crippen molar-refractivity contribution in [1.29, 1.82) is 0 Å². The SMILES string of the molecule is CC.CC1CC(C)N(C)C(C)C1. The fraction of sp³-hybridized carbons (Fsp3) is 1.00. The first-order valence-electron chi connectivity index (χ1n) is 5.33. The molecule has 0 aromatic heterocycles. The molecule has 0 radical (unpaired) electrons. The zero-order valence-corrected chi connectivity index (χ0v) is 9.59. The Morgan fingerprint density at radius 3 is 1.58 bits per heavy atom. The van der Waals surface area contributed by atoms with Gasteiger partial charge in [-0.2, -0.15) is 0 Å². The summed E-state index contributed by atoms with van der Waals surface area (Å²) in [4.78, 5) is 2.49. The van der Waals surface area contributed by atoms with Crippen molar-refractivity contribution in [3.63, 3.8) is 0 Å². The zero-order chi connectivity index (χ0) is 9.72. The van der Waals surface area contributed by atoms with Crippen LogP contribution in [0.2, 0.25) is 0 Å². The van der Waals surface area contributed by atoms with Crippen LogP contribution in [-0.2, 0) is 0 Å². The summed E-state index contributed by atoms with van der Waals surface area (Å²) in [5.74, 6) is 0.932. The predicted molar refractivity (Wildman–Crippen MR) is 56.4 cm³/mol. The van der Waals surface area contributed by atoms with Crippen molar-refractivity contribution >= 4 is 0 Å². The molecule has 2 unspecified atom stereocenters. The number of hydrogen-bond acceptors (Lipinski definition) is 1. The van der Waals surface area contributed by atoms with E-state index >= 15 is 0 Å². The Hall–Kier alpha value is -0.0400. The van der Waals surface area contributed by atoms with Gasteiger partial charge in [-0.25, -0.2) is 0 Å². The van der Waals surface area contributed by atoms with Gasteiger partial charge in [0, 0.05) is 12.1 Å². The Labute approximate surface area is 78.1 Å². The lowest BCUT2D eigenvalue weighted by Crippen LogP contribution is -2.43. The van der Waals surface area contributed by atoms with Gasteiger partial charge in [0.2, 0.25) is 0 Å². The number of piperidine rings is 1. The van der Waals surface area contributed by atoms with Gasteiger partial charge in [-0.1, -0.05) is 20.8 Å². The lowest BCUT2D eigenvalue weighted by molar-refractivity contribution is 0.105. The first-order chi connectivity index (χ1) is 5.61. The van der Waals surface area contributed by atoms with E-state index in [1.165, 1.54) is 12.8 Å². The summed E-state index contributed by atoms with van der Waals surface area (Å²) >= 11 is 0. The highest BCUT2D eigenvalue weighted by Crippen LogP contribution is 2.25. The standard InChI is InChI=1S/C9H19N.C2H6/c1-7-5-8(2)10(4)9(3)6-7;1-2/h7-9H,5-6H2,1-4H3;1-2H3. The number of rotatable bonds is 0. The van der Waals surface area contributed by atoms with E-state index in [9.17, 15) is 0 Å². The molecule has 1 aliphatic heterocycles. The summed E-state index contributed by atoms with van der Waals surface area (Å²) in [7, 11) is 2.24. The quantitative estimate of drug-likeness (QED) is 0.541. The molecule has 74 valence electrons. The molecule has 1 saturated heterocycles. The van der Waals surface area contributed by atoms with Crippen molar-refractivity contribution in [2.75, 3.05) is 7.05 Å². The summed E-state index contributed by atoms with van der Waals surface area (Å²) in [6.45, 7) is 11.0. The Morgan fingerprint density at radius 2 is 1.25 bits per heavy atom. The molecular weight excluding hydrogens is 146 g/mol. The van der Waals surface area contributed by atoms with E-state index in [0.717, 1.165) is 18.0 Å². The topological polar surface area (TPSA) is 3.24 Å². The van der Waals surface area contributed by atoms with Crippen molar-refractivity contribution in [2.45, 2.75) is 59.5 Å². The molecule has 0 saturated carbocycles. The van der Waals surface area contributed by atoms with Gasteiger partial charge in [0.15, 0.2) is 0 Å². The Bertz CT molecular complexity index is 99.6. The molecule has 1 heteroatoms. The Kier molecular flexibility index (Phi) is 5.56. The van der Waals surface area contributed by atoms with Crippen LogP contribution >= 0.6 is 0 Å². The highest BCUT2D eigenvalue weighted by molar-refractivity contribution is 4.79. The summed E-state index contributed by atoms with van der Waals surface area (Å²) in [6, 6.07) is 1.58. The summed E-state index contributed by atoms with van der Waals surface area (Å²) in [5, 5.41) is 0. The van der Waals surface area contributed by atoms with Gasteiger partial charge in [-0.15, -0.1) is 0 Å². The Balaban J connectivity index is 0.000000561. The minimum Gasteiger partial charge on any atom is -0.301 e. The molecule has 0 aliphatic carbocycles. The van der Waals surface area contributed by atoms with E-state index in [0.29, 0.717) is 0 Å². The van der Waals surface area contributed by atoms with Gasteiger partial charge < -0.3 is 4.90 Å². The molecule has 1 aliphatic rings. The van der Waals surface area contributed by atoms with Crippen LogP contribution in [0.1, 0.15) is 47.5 Å². The molecule has 0 aromatic rings. The lowest BCUT2D eigenvalue weighted by Gasteiger charge is -2.39. The third-order valence-corrected chi connectivity index (χ3v) is 2.88. The minimum absolute atomic E-state index is 0.791. The summed E-state index contributed by atoms with van der Waals surface area (Å²) in [6.07, 6.45) is 2.75. The number of nitrogens with zero attached hydrogens (tertiary/aromatic N) is 1. The van der Waals surface area contributed by atoms with Crippen LogP contribution in [0.25, 0.3) is 0 Å². The minimum atomic E-state index is 0.791. The molecule has 0 amide bonds. The van der Waals surface area contributed by atoms with E-state index in [2.05, 4.69) is 32.7 Å². The van der Waals surface area contributed by atoms with E-state index in [-0.39, 0.29) is 0 Å². The van der Waals surface area contributed by atoms with Crippen molar-refractivity contribution in [2.24, 2.45) is 5.92 Å². The highest BCUT2D eigenvalue weighted by Gasteiger charge is 2.24. The maximum absolute atomic E-state index is 2.49. The highest BCUT2D eigenvalue weighted by atomic mass is 15.2. The van der Waals surface area contributed by atoms with Crippen LogP contribution in [0.4, 0.5) is 0 Å². The molecule has 1 rings (SSSR count). The van der Waals surface area contributed by atoms with Gasteiger partial charge in [-0.05, 0) is 39.7 Å². The average molecular weight is 171 g/mol. The monoisotopic (exact) mass is 171 g/mol. The second kappa shape index (κ2) is 5.58. The third-order valence-electron chi connectivity index (χ3n) is 2.88. The van der Waals surface area contributed by atoms with E-state index in [1.54, 1.807) is 0 Å². The first kappa shape index (κ1) is 12.0.